The summed E-state index contributed by atoms with van der Waals surface area (Å²) in [4.78, 5) is 12.0. The van der Waals surface area contributed by atoms with Gasteiger partial charge in [-0.25, -0.2) is 0 Å². The van der Waals surface area contributed by atoms with Gasteiger partial charge in [-0.3, -0.25) is 4.79 Å². The summed E-state index contributed by atoms with van der Waals surface area (Å²) in [6.45, 7) is 2.52. The maximum atomic E-state index is 12.0. The zero-order valence-corrected chi connectivity index (χ0v) is 15.5. The van der Waals surface area contributed by atoms with Gasteiger partial charge in [-0.05, 0) is 49.4 Å². The van der Waals surface area contributed by atoms with Gasteiger partial charge < -0.3 is 14.5 Å². The minimum atomic E-state index is -0.165. The fraction of sp³-hybridized carbons (Fsp3) is 0.167. The van der Waals surface area contributed by atoms with Crippen molar-refractivity contribution in [2.24, 2.45) is 0 Å². The lowest BCUT2D eigenvalue weighted by Gasteiger charge is -2.06. The Morgan fingerprint density at radius 2 is 2.04 bits per heavy atom. The summed E-state index contributed by atoms with van der Waals surface area (Å²) >= 11 is 7.12. The Bertz CT molecular complexity index is 883. The van der Waals surface area contributed by atoms with E-state index in [9.17, 15) is 4.79 Å². The van der Waals surface area contributed by atoms with Crippen molar-refractivity contribution in [3.8, 4) is 17.2 Å². The molecule has 1 amide bonds. The van der Waals surface area contributed by atoms with Gasteiger partial charge in [-0.2, -0.15) is 0 Å². The number of hydrogen-bond donors (Lipinski definition) is 1. The van der Waals surface area contributed by atoms with Crippen LogP contribution in [0.2, 0.25) is 5.02 Å². The quantitative estimate of drug-likeness (QED) is 0.598. The fourth-order valence-electron chi connectivity index (χ4n) is 2.13. The van der Waals surface area contributed by atoms with Crippen molar-refractivity contribution in [3.63, 3.8) is 0 Å². The molecule has 3 aromatic rings. The van der Waals surface area contributed by atoms with Crippen LogP contribution in [0.4, 0.5) is 5.69 Å². The van der Waals surface area contributed by atoms with Crippen LogP contribution in [0.1, 0.15) is 6.92 Å². The summed E-state index contributed by atoms with van der Waals surface area (Å²) in [5.74, 6) is 1.12. The van der Waals surface area contributed by atoms with Gasteiger partial charge in [0.2, 0.25) is 11.8 Å². The number of halogens is 1. The number of ether oxygens (including phenoxy) is 1. The highest BCUT2D eigenvalue weighted by atomic mass is 35.5. The average molecular weight is 390 g/mol. The van der Waals surface area contributed by atoms with Crippen molar-refractivity contribution >= 4 is 35.0 Å². The van der Waals surface area contributed by atoms with Crippen LogP contribution in [0, 0.1) is 0 Å². The number of nitrogens with one attached hydrogen (secondary N) is 1. The van der Waals surface area contributed by atoms with Crippen LogP contribution >= 0.6 is 23.4 Å². The normalized spacial score (nSPS) is 10.5. The molecule has 0 spiro atoms. The predicted molar refractivity (Wildman–Crippen MR) is 102 cm³/mol. The van der Waals surface area contributed by atoms with E-state index in [2.05, 4.69) is 15.5 Å². The first-order chi connectivity index (χ1) is 12.6. The minimum absolute atomic E-state index is 0.157. The highest BCUT2D eigenvalue weighted by Gasteiger charge is 2.11. The van der Waals surface area contributed by atoms with Crippen LogP contribution < -0.4 is 10.1 Å². The topological polar surface area (TPSA) is 77.2 Å². The van der Waals surface area contributed by atoms with Gasteiger partial charge in [0.25, 0.3) is 5.22 Å². The highest BCUT2D eigenvalue weighted by Crippen LogP contribution is 2.25. The van der Waals surface area contributed by atoms with Crippen LogP contribution in [0.5, 0.6) is 5.75 Å². The molecule has 0 bridgehead atoms. The Labute approximate surface area is 159 Å². The van der Waals surface area contributed by atoms with E-state index in [1.807, 2.05) is 25.1 Å². The van der Waals surface area contributed by atoms with Crippen molar-refractivity contribution in [1.29, 1.82) is 0 Å². The maximum Gasteiger partial charge on any atom is 0.277 e. The third-order valence-corrected chi connectivity index (χ3v) is 4.31. The number of carbonyl (C=O) groups is 1. The lowest BCUT2D eigenvalue weighted by Crippen LogP contribution is -2.13. The SMILES string of the molecule is CCOc1ccc(NC(=O)CSc2nnc(-c3cccc(Cl)c3)o2)cc1. The molecule has 6 nitrogen and oxygen atoms in total. The Morgan fingerprint density at radius 3 is 2.77 bits per heavy atom. The number of thioether (sulfide) groups is 1. The number of anilines is 1. The molecule has 0 unspecified atom stereocenters. The molecule has 1 heterocycles. The Balaban J connectivity index is 1.53. The van der Waals surface area contributed by atoms with Crippen molar-refractivity contribution in [3.05, 3.63) is 53.6 Å². The van der Waals surface area contributed by atoms with E-state index in [1.165, 1.54) is 11.8 Å². The second-order valence-electron chi connectivity index (χ2n) is 5.18. The van der Waals surface area contributed by atoms with Gasteiger partial charge in [0.1, 0.15) is 5.75 Å². The number of carbonyl (C=O) groups excluding carboxylic acids is 1. The van der Waals surface area contributed by atoms with E-state index < -0.39 is 0 Å². The van der Waals surface area contributed by atoms with Crippen LogP contribution in [-0.2, 0) is 4.79 Å². The third kappa shape index (κ3) is 5.00. The first kappa shape index (κ1) is 18.3. The van der Waals surface area contributed by atoms with Crippen LogP contribution in [-0.4, -0.2) is 28.5 Å². The number of benzene rings is 2. The second kappa shape index (κ2) is 8.73. The molecule has 0 saturated carbocycles. The molecule has 8 heteroatoms. The van der Waals surface area contributed by atoms with Crippen molar-refractivity contribution in [2.45, 2.75) is 12.1 Å². The van der Waals surface area contributed by atoms with Crippen molar-refractivity contribution < 1.29 is 13.9 Å². The van der Waals surface area contributed by atoms with Crippen molar-refractivity contribution in [1.82, 2.24) is 10.2 Å². The zero-order valence-electron chi connectivity index (χ0n) is 13.9. The van der Waals surface area contributed by atoms with Gasteiger partial charge in [-0.15, -0.1) is 10.2 Å². The van der Waals surface area contributed by atoms with Gasteiger partial charge in [0.05, 0.1) is 12.4 Å². The van der Waals surface area contributed by atoms with E-state index in [-0.39, 0.29) is 11.7 Å². The van der Waals surface area contributed by atoms with Crippen LogP contribution in [0.15, 0.2) is 58.2 Å². The molecular formula is C18H16ClN3O3S. The summed E-state index contributed by atoms with van der Waals surface area (Å²) in [6, 6.07) is 14.3. The lowest BCUT2D eigenvalue weighted by atomic mass is 10.2. The predicted octanol–water partition coefficient (Wildman–Crippen LogP) is 4.52. The molecule has 0 aliphatic rings. The smallest absolute Gasteiger partial charge is 0.277 e. The zero-order chi connectivity index (χ0) is 18.4. The first-order valence-corrected chi connectivity index (χ1v) is 9.25. The molecule has 1 aromatic heterocycles. The number of nitrogens with zero attached hydrogens (tertiary/aromatic N) is 2. The van der Waals surface area contributed by atoms with Gasteiger partial charge >= 0.3 is 0 Å². The van der Waals surface area contributed by atoms with E-state index in [0.29, 0.717) is 28.4 Å². The number of rotatable bonds is 7. The van der Waals surface area contributed by atoms with Gasteiger partial charge in [-0.1, -0.05) is 29.4 Å². The Morgan fingerprint density at radius 1 is 1.23 bits per heavy atom. The maximum absolute atomic E-state index is 12.0. The van der Waals surface area contributed by atoms with Gasteiger partial charge in [0, 0.05) is 16.3 Å². The van der Waals surface area contributed by atoms with Crippen LogP contribution in [0.25, 0.3) is 11.5 Å². The van der Waals surface area contributed by atoms with E-state index in [4.69, 9.17) is 20.8 Å². The summed E-state index contributed by atoms with van der Waals surface area (Å²) in [6.07, 6.45) is 0. The van der Waals surface area contributed by atoms with Crippen LogP contribution in [0.3, 0.4) is 0 Å². The van der Waals surface area contributed by atoms with E-state index in [1.54, 1.807) is 30.3 Å². The van der Waals surface area contributed by atoms with E-state index in [0.717, 1.165) is 11.3 Å². The molecule has 134 valence electrons. The molecule has 0 atom stereocenters. The van der Waals surface area contributed by atoms with Gasteiger partial charge in [0.15, 0.2) is 0 Å². The molecule has 1 N–H and O–H groups in total. The first-order valence-electron chi connectivity index (χ1n) is 7.89. The van der Waals surface area contributed by atoms with E-state index >= 15 is 0 Å². The molecule has 2 aromatic carbocycles. The molecule has 0 radical (unpaired) electrons. The average Bonchev–Trinajstić information content (AvgIpc) is 3.11. The summed E-state index contributed by atoms with van der Waals surface area (Å²) in [5.41, 5.74) is 1.43. The summed E-state index contributed by atoms with van der Waals surface area (Å²) in [5, 5.41) is 11.6. The standard InChI is InChI=1S/C18H16ClN3O3S/c1-2-24-15-8-6-14(7-9-15)20-16(23)11-26-18-22-21-17(25-18)12-4-3-5-13(19)10-12/h3-10H,2,11H2,1H3,(H,20,23). The molecule has 0 aliphatic heterocycles. The fourth-order valence-corrected chi connectivity index (χ4v) is 2.89. The number of amides is 1. The minimum Gasteiger partial charge on any atom is -0.494 e. The molecule has 0 saturated heterocycles. The molecule has 3 rings (SSSR count). The number of aromatic nitrogens is 2. The Hall–Kier alpha value is -2.51. The summed E-state index contributed by atoms with van der Waals surface area (Å²) < 4.78 is 10.9. The highest BCUT2D eigenvalue weighted by molar-refractivity contribution is 7.99. The molecule has 0 fully saturated rings. The largest absolute Gasteiger partial charge is 0.494 e. The second-order valence-corrected chi connectivity index (χ2v) is 6.54. The molecule has 26 heavy (non-hydrogen) atoms. The number of hydrogen-bond acceptors (Lipinski definition) is 6. The monoisotopic (exact) mass is 389 g/mol. The lowest BCUT2D eigenvalue weighted by molar-refractivity contribution is -0.113. The summed E-state index contributed by atoms with van der Waals surface area (Å²) in [7, 11) is 0. The van der Waals surface area contributed by atoms with Crippen molar-refractivity contribution in [2.75, 3.05) is 17.7 Å². The molecular weight excluding hydrogens is 374 g/mol. The Kier molecular flexibility index (Phi) is 6.14. The third-order valence-electron chi connectivity index (χ3n) is 3.25. The molecule has 0 aliphatic carbocycles.